The lowest BCUT2D eigenvalue weighted by Crippen LogP contribution is -2.18. The van der Waals surface area contributed by atoms with Crippen LogP contribution in [0.3, 0.4) is 0 Å². The van der Waals surface area contributed by atoms with E-state index in [0.717, 1.165) is 29.1 Å². The molecule has 0 spiro atoms. The average Bonchev–Trinajstić information content (AvgIpc) is 3.11. The number of nitrogens with zero attached hydrogens (tertiary/aromatic N) is 2. The Morgan fingerprint density at radius 1 is 1.07 bits per heavy atom. The van der Waals surface area contributed by atoms with Crippen LogP contribution in [0.4, 0.5) is 0 Å². The van der Waals surface area contributed by atoms with E-state index in [9.17, 15) is 8.42 Å². The fourth-order valence-corrected chi connectivity index (χ4v) is 4.32. The van der Waals surface area contributed by atoms with Gasteiger partial charge in [-0.05, 0) is 41.7 Å². The van der Waals surface area contributed by atoms with Crippen LogP contribution in [0, 0.1) is 5.92 Å². The van der Waals surface area contributed by atoms with E-state index in [1.165, 1.54) is 0 Å². The van der Waals surface area contributed by atoms with Crippen LogP contribution in [0.25, 0.3) is 16.8 Å². The van der Waals surface area contributed by atoms with Gasteiger partial charge >= 0.3 is 0 Å². The van der Waals surface area contributed by atoms with Gasteiger partial charge in [0.2, 0.25) is 10.0 Å². The summed E-state index contributed by atoms with van der Waals surface area (Å²) < 4.78 is 26.5. The van der Waals surface area contributed by atoms with Crippen LogP contribution in [0.15, 0.2) is 59.8 Å². The number of sulfonamides is 1. The third-order valence-corrected chi connectivity index (χ3v) is 5.72. The minimum absolute atomic E-state index is 0.0881. The largest absolute Gasteiger partial charge is 0.303 e. The van der Waals surface area contributed by atoms with Crippen molar-refractivity contribution in [1.29, 1.82) is 0 Å². The number of hydrogen-bond donors (Lipinski definition) is 1. The highest BCUT2D eigenvalue weighted by Crippen LogP contribution is 2.30. The van der Waals surface area contributed by atoms with Crippen molar-refractivity contribution in [2.24, 2.45) is 11.1 Å². The fraction of sp³-hybridized carbons (Fsp3) is 0.348. The predicted octanol–water partition coefficient (Wildman–Crippen LogP) is 4.68. The molecule has 0 aliphatic heterocycles. The van der Waals surface area contributed by atoms with E-state index in [1.54, 1.807) is 12.3 Å². The van der Waals surface area contributed by atoms with Gasteiger partial charge in [-0.2, -0.15) is 0 Å². The molecule has 2 aromatic carbocycles. The summed E-state index contributed by atoms with van der Waals surface area (Å²) in [5, 5.41) is 5.53. The summed E-state index contributed by atoms with van der Waals surface area (Å²) in [6.45, 7) is 10.6. The summed E-state index contributed by atoms with van der Waals surface area (Å²) in [7, 11) is -3.83. The first kappa shape index (κ1) is 21.3. The Balaban J connectivity index is 2.04. The Morgan fingerprint density at radius 3 is 2.28 bits per heavy atom. The van der Waals surface area contributed by atoms with E-state index < -0.39 is 10.0 Å². The van der Waals surface area contributed by atoms with Gasteiger partial charge in [0, 0.05) is 29.1 Å². The van der Waals surface area contributed by atoms with Crippen molar-refractivity contribution < 1.29 is 8.42 Å². The second kappa shape index (κ2) is 7.76. The fourth-order valence-electron chi connectivity index (χ4n) is 3.51. The molecule has 3 rings (SSSR count). The SMILES string of the molecule is CC(C)Cc1ccc(-c2ccc(-n3ccnc3C(C)(C)C)cc2)c(S(N)(=O)=O)c1. The molecule has 0 saturated carbocycles. The second-order valence-electron chi connectivity index (χ2n) is 8.89. The highest BCUT2D eigenvalue weighted by atomic mass is 32.2. The molecule has 3 aromatic rings. The van der Waals surface area contributed by atoms with Gasteiger partial charge < -0.3 is 4.57 Å². The van der Waals surface area contributed by atoms with Crippen LogP contribution < -0.4 is 5.14 Å². The maximum Gasteiger partial charge on any atom is 0.238 e. The van der Waals surface area contributed by atoms with Crippen LogP contribution in [0.2, 0.25) is 0 Å². The van der Waals surface area contributed by atoms with Crippen LogP contribution in [-0.2, 0) is 21.9 Å². The molecule has 6 heteroatoms. The molecule has 0 radical (unpaired) electrons. The Labute approximate surface area is 173 Å². The van der Waals surface area contributed by atoms with Crippen molar-refractivity contribution in [3.05, 3.63) is 66.2 Å². The zero-order chi connectivity index (χ0) is 21.4. The third kappa shape index (κ3) is 4.77. The minimum atomic E-state index is -3.83. The summed E-state index contributed by atoms with van der Waals surface area (Å²) in [6, 6.07) is 13.3. The van der Waals surface area contributed by atoms with Gasteiger partial charge in [0.15, 0.2) is 0 Å². The number of rotatable bonds is 5. The van der Waals surface area contributed by atoms with Crippen molar-refractivity contribution in [3.63, 3.8) is 0 Å². The first-order valence-electron chi connectivity index (χ1n) is 9.77. The molecule has 0 atom stereocenters. The molecule has 0 amide bonds. The van der Waals surface area contributed by atoms with E-state index in [4.69, 9.17) is 5.14 Å². The summed E-state index contributed by atoms with van der Waals surface area (Å²) >= 11 is 0. The van der Waals surface area contributed by atoms with Crippen molar-refractivity contribution in [1.82, 2.24) is 9.55 Å². The Kier molecular flexibility index (Phi) is 5.70. The molecule has 1 heterocycles. The first-order valence-corrected chi connectivity index (χ1v) is 11.3. The summed E-state index contributed by atoms with van der Waals surface area (Å²) in [6.07, 6.45) is 4.53. The zero-order valence-corrected chi connectivity index (χ0v) is 18.5. The van der Waals surface area contributed by atoms with E-state index in [-0.39, 0.29) is 10.3 Å². The summed E-state index contributed by atoms with van der Waals surface area (Å²) in [4.78, 5) is 4.66. The average molecular weight is 412 g/mol. The molecule has 0 unspecified atom stereocenters. The molecule has 0 saturated heterocycles. The van der Waals surface area contributed by atoms with Crippen molar-refractivity contribution in [2.75, 3.05) is 0 Å². The van der Waals surface area contributed by atoms with Crippen LogP contribution in [0.5, 0.6) is 0 Å². The van der Waals surface area contributed by atoms with Gasteiger partial charge in [0.1, 0.15) is 5.82 Å². The lowest BCUT2D eigenvalue weighted by Gasteiger charge is -2.20. The molecule has 154 valence electrons. The van der Waals surface area contributed by atoms with Gasteiger partial charge in [-0.1, -0.05) is 58.9 Å². The minimum Gasteiger partial charge on any atom is -0.303 e. The number of imidazole rings is 1. The molecule has 0 aliphatic carbocycles. The molecular weight excluding hydrogens is 382 g/mol. The maximum absolute atomic E-state index is 12.2. The molecule has 0 aliphatic rings. The number of aromatic nitrogens is 2. The van der Waals surface area contributed by atoms with Crippen molar-refractivity contribution in [3.8, 4) is 16.8 Å². The molecule has 0 bridgehead atoms. The van der Waals surface area contributed by atoms with Gasteiger partial charge in [-0.25, -0.2) is 18.5 Å². The topological polar surface area (TPSA) is 78.0 Å². The van der Waals surface area contributed by atoms with Gasteiger partial charge in [0.05, 0.1) is 4.90 Å². The van der Waals surface area contributed by atoms with Crippen molar-refractivity contribution in [2.45, 2.75) is 51.3 Å². The molecule has 5 nitrogen and oxygen atoms in total. The zero-order valence-electron chi connectivity index (χ0n) is 17.7. The maximum atomic E-state index is 12.2. The Bertz CT molecular complexity index is 1110. The number of nitrogens with two attached hydrogens (primary N) is 1. The lowest BCUT2D eigenvalue weighted by molar-refractivity contribution is 0.536. The van der Waals surface area contributed by atoms with E-state index in [1.807, 2.05) is 42.6 Å². The summed E-state index contributed by atoms with van der Waals surface area (Å²) in [5.74, 6) is 1.40. The van der Waals surface area contributed by atoms with E-state index in [0.29, 0.717) is 11.5 Å². The number of primary sulfonamides is 1. The molecule has 2 N–H and O–H groups in total. The number of benzene rings is 2. The quantitative estimate of drug-likeness (QED) is 0.662. The third-order valence-electron chi connectivity index (χ3n) is 4.76. The number of hydrogen-bond acceptors (Lipinski definition) is 3. The standard InChI is InChI=1S/C23H29N3O2S/c1-16(2)14-17-6-11-20(21(15-17)29(24,27)28)18-7-9-19(10-8-18)26-13-12-25-22(26)23(3,4)5/h6-13,15-16H,14H2,1-5H3,(H2,24,27,28). The smallest absolute Gasteiger partial charge is 0.238 e. The summed E-state index contributed by atoms with van der Waals surface area (Å²) in [5.41, 5.74) is 3.29. The highest BCUT2D eigenvalue weighted by molar-refractivity contribution is 7.89. The van der Waals surface area contributed by atoms with Crippen LogP contribution >= 0.6 is 0 Å². The Hall–Kier alpha value is -2.44. The Morgan fingerprint density at radius 2 is 1.72 bits per heavy atom. The normalized spacial score (nSPS) is 12.5. The first-order chi connectivity index (χ1) is 13.5. The predicted molar refractivity (Wildman–Crippen MR) is 118 cm³/mol. The van der Waals surface area contributed by atoms with E-state index in [2.05, 4.69) is 44.2 Å². The lowest BCUT2D eigenvalue weighted by atomic mass is 9.95. The molecule has 1 aromatic heterocycles. The molecular formula is C23H29N3O2S. The molecule has 29 heavy (non-hydrogen) atoms. The van der Waals surface area contributed by atoms with Crippen LogP contribution in [-0.4, -0.2) is 18.0 Å². The highest BCUT2D eigenvalue weighted by Gasteiger charge is 2.21. The monoisotopic (exact) mass is 411 g/mol. The van der Waals surface area contributed by atoms with Gasteiger partial charge in [-0.15, -0.1) is 0 Å². The van der Waals surface area contributed by atoms with E-state index >= 15 is 0 Å². The van der Waals surface area contributed by atoms with Crippen molar-refractivity contribution >= 4 is 10.0 Å². The van der Waals surface area contributed by atoms with Gasteiger partial charge in [0.25, 0.3) is 0 Å². The van der Waals surface area contributed by atoms with Crippen LogP contribution in [0.1, 0.15) is 46.0 Å². The second-order valence-corrected chi connectivity index (χ2v) is 10.4. The van der Waals surface area contributed by atoms with Gasteiger partial charge in [-0.3, -0.25) is 0 Å². The molecule has 0 fully saturated rings.